The van der Waals surface area contributed by atoms with Crippen LogP contribution in [0, 0.1) is 17.0 Å². The van der Waals surface area contributed by atoms with Crippen molar-refractivity contribution in [2.75, 3.05) is 6.54 Å². The van der Waals surface area contributed by atoms with Gasteiger partial charge in [0, 0.05) is 13.0 Å². The molecule has 4 nitrogen and oxygen atoms in total. The lowest BCUT2D eigenvalue weighted by atomic mass is 9.74. The van der Waals surface area contributed by atoms with Crippen molar-refractivity contribution >= 4 is 11.9 Å². The molecule has 0 aromatic heterocycles. The number of benzene rings is 1. The summed E-state index contributed by atoms with van der Waals surface area (Å²) in [7, 11) is 0. The van der Waals surface area contributed by atoms with E-state index in [1.54, 1.807) is 0 Å². The van der Waals surface area contributed by atoms with Crippen molar-refractivity contribution in [3.63, 3.8) is 0 Å². The number of halogens is 2. The highest BCUT2D eigenvalue weighted by Gasteiger charge is 2.39. The van der Waals surface area contributed by atoms with Crippen LogP contribution in [0.25, 0.3) is 0 Å². The second kappa shape index (κ2) is 7.53. The van der Waals surface area contributed by atoms with Gasteiger partial charge in [-0.2, -0.15) is 0 Å². The van der Waals surface area contributed by atoms with E-state index in [-0.39, 0.29) is 30.9 Å². The van der Waals surface area contributed by atoms with E-state index in [9.17, 15) is 23.5 Å². The van der Waals surface area contributed by atoms with Gasteiger partial charge < -0.3 is 10.4 Å². The van der Waals surface area contributed by atoms with Gasteiger partial charge in [-0.1, -0.05) is 31.4 Å². The summed E-state index contributed by atoms with van der Waals surface area (Å²) < 4.78 is 26.6. The molecule has 1 aromatic carbocycles. The fourth-order valence-corrected chi connectivity index (χ4v) is 3.04. The van der Waals surface area contributed by atoms with Crippen molar-refractivity contribution in [1.82, 2.24) is 5.32 Å². The average molecular weight is 325 g/mol. The highest BCUT2D eigenvalue weighted by Crippen LogP contribution is 2.36. The molecule has 2 N–H and O–H groups in total. The van der Waals surface area contributed by atoms with Crippen LogP contribution in [0.4, 0.5) is 8.78 Å². The van der Waals surface area contributed by atoms with Gasteiger partial charge >= 0.3 is 5.97 Å². The summed E-state index contributed by atoms with van der Waals surface area (Å²) in [6.07, 6.45) is 3.89. The van der Waals surface area contributed by atoms with E-state index in [1.807, 2.05) is 0 Å². The fraction of sp³-hybridized carbons (Fsp3) is 0.529. The van der Waals surface area contributed by atoms with Gasteiger partial charge in [0.1, 0.15) is 0 Å². The zero-order valence-electron chi connectivity index (χ0n) is 12.9. The number of aliphatic carboxylic acids is 1. The second-order valence-corrected chi connectivity index (χ2v) is 6.14. The van der Waals surface area contributed by atoms with Crippen molar-refractivity contribution in [3.05, 3.63) is 35.4 Å². The molecule has 1 amide bonds. The highest BCUT2D eigenvalue weighted by atomic mass is 19.2. The summed E-state index contributed by atoms with van der Waals surface area (Å²) in [6, 6.07) is 3.86. The number of carboxylic acid groups (broad SMARTS) is 1. The molecule has 0 saturated heterocycles. The van der Waals surface area contributed by atoms with Gasteiger partial charge in [0.2, 0.25) is 5.91 Å². The number of rotatable bonds is 6. The Balaban J connectivity index is 1.87. The Morgan fingerprint density at radius 1 is 1.17 bits per heavy atom. The van der Waals surface area contributed by atoms with E-state index >= 15 is 0 Å². The minimum atomic E-state index is -0.936. The minimum Gasteiger partial charge on any atom is -0.481 e. The number of amides is 1. The van der Waals surface area contributed by atoms with Crippen LogP contribution in [0.1, 0.15) is 44.1 Å². The van der Waals surface area contributed by atoms with Crippen molar-refractivity contribution in [1.29, 1.82) is 0 Å². The number of hydrogen-bond donors (Lipinski definition) is 2. The van der Waals surface area contributed by atoms with Gasteiger partial charge in [-0.25, -0.2) is 8.78 Å². The number of nitrogens with one attached hydrogen (secondary N) is 1. The maximum atomic E-state index is 13.5. The van der Waals surface area contributed by atoms with E-state index in [1.165, 1.54) is 12.1 Å². The molecular weight excluding hydrogens is 304 g/mol. The van der Waals surface area contributed by atoms with Crippen molar-refractivity contribution in [2.45, 2.75) is 44.9 Å². The van der Waals surface area contributed by atoms with Crippen LogP contribution in [0.5, 0.6) is 0 Å². The van der Waals surface area contributed by atoms with Crippen LogP contribution in [-0.4, -0.2) is 23.5 Å². The van der Waals surface area contributed by atoms with Crippen LogP contribution < -0.4 is 5.32 Å². The third-order valence-electron chi connectivity index (χ3n) is 4.54. The SMILES string of the molecule is O=C(CCc1cccc(F)c1F)NCC1(C(=O)O)CCCCC1. The summed E-state index contributed by atoms with van der Waals surface area (Å²) >= 11 is 0. The maximum absolute atomic E-state index is 13.5. The Morgan fingerprint density at radius 3 is 2.52 bits per heavy atom. The third-order valence-corrected chi connectivity index (χ3v) is 4.54. The summed E-state index contributed by atoms with van der Waals surface area (Å²) in [5.41, 5.74) is -0.747. The second-order valence-electron chi connectivity index (χ2n) is 6.14. The molecule has 0 radical (unpaired) electrons. The molecule has 0 aliphatic heterocycles. The molecule has 0 atom stereocenters. The fourth-order valence-electron chi connectivity index (χ4n) is 3.04. The third kappa shape index (κ3) is 4.27. The molecule has 0 bridgehead atoms. The van der Waals surface area contributed by atoms with Crippen LogP contribution in [0.15, 0.2) is 18.2 Å². The van der Waals surface area contributed by atoms with Crippen LogP contribution >= 0.6 is 0 Å². The molecule has 0 unspecified atom stereocenters. The number of carbonyl (C=O) groups excluding carboxylic acids is 1. The van der Waals surface area contributed by atoms with Gasteiger partial charge in [-0.15, -0.1) is 0 Å². The van der Waals surface area contributed by atoms with Crippen molar-refractivity contribution in [3.8, 4) is 0 Å². The van der Waals surface area contributed by atoms with Gasteiger partial charge in [-0.3, -0.25) is 9.59 Å². The van der Waals surface area contributed by atoms with E-state index in [2.05, 4.69) is 5.32 Å². The topological polar surface area (TPSA) is 66.4 Å². The largest absolute Gasteiger partial charge is 0.481 e. The first-order chi connectivity index (χ1) is 10.9. The predicted octanol–water partition coefficient (Wildman–Crippen LogP) is 3.05. The molecule has 0 heterocycles. The quantitative estimate of drug-likeness (QED) is 0.845. The van der Waals surface area contributed by atoms with Crippen molar-refractivity contribution < 1.29 is 23.5 Å². The molecule has 1 aliphatic carbocycles. The lowest BCUT2D eigenvalue weighted by molar-refractivity contribution is -0.151. The van der Waals surface area contributed by atoms with E-state index in [0.717, 1.165) is 25.3 Å². The van der Waals surface area contributed by atoms with Gasteiger partial charge in [0.25, 0.3) is 0 Å². The zero-order valence-corrected chi connectivity index (χ0v) is 12.9. The standard InChI is InChI=1S/C17H21F2NO3/c18-13-6-4-5-12(15(13)19)7-8-14(21)20-11-17(16(22)23)9-2-1-3-10-17/h4-6H,1-3,7-11H2,(H,20,21)(H,22,23). The first-order valence-electron chi connectivity index (χ1n) is 7.88. The van der Waals surface area contributed by atoms with E-state index in [0.29, 0.717) is 12.8 Å². The Hall–Kier alpha value is -1.98. The number of carboxylic acids is 1. The monoisotopic (exact) mass is 325 g/mol. The molecule has 1 fully saturated rings. The molecule has 0 spiro atoms. The number of carbonyl (C=O) groups is 2. The summed E-state index contributed by atoms with van der Waals surface area (Å²) in [6.45, 7) is 0.0901. The molecular formula is C17H21F2NO3. The first kappa shape index (κ1) is 17.4. The van der Waals surface area contributed by atoms with Gasteiger partial charge in [0.15, 0.2) is 11.6 Å². The lowest BCUT2D eigenvalue weighted by Crippen LogP contribution is -2.44. The van der Waals surface area contributed by atoms with E-state index in [4.69, 9.17) is 0 Å². The first-order valence-corrected chi connectivity index (χ1v) is 7.88. The average Bonchev–Trinajstić information content (AvgIpc) is 2.55. The molecule has 126 valence electrons. The number of aryl methyl sites for hydroxylation is 1. The van der Waals surface area contributed by atoms with Gasteiger partial charge in [-0.05, 0) is 30.9 Å². The summed E-state index contributed by atoms with van der Waals surface area (Å²) in [5, 5.41) is 12.1. The highest BCUT2D eigenvalue weighted by molar-refractivity contribution is 5.79. The lowest BCUT2D eigenvalue weighted by Gasteiger charge is -2.33. The molecule has 1 aromatic rings. The normalized spacial score (nSPS) is 16.8. The Labute approximate surface area is 133 Å². The van der Waals surface area contributed by atoms with Crippen LogP contribution in [-0.2, 0) is 16.0 Å². The predicted molar refractivity (Wildman–Crippen MR) is 80.8 cm³/mol. The zero-order chi connectivity index (χ0) is 16.9. The molecule has 1 saturated carbocycles. The Bertz CT molecular complexity index is 583. The summed E-state index contributed by atoms with van der Waals surface area (Å²) in [4.78, 5) is 23.4. The number of hydrogen-bond acceptors (Lipinski definition) is 2. The van der Waals surface area contributed by atoms with Crippen LogP contribution in [0.2, 0.25) is 0 Å². The molecule has 23 heavy (non-hydrogen) atoms. The maximum Gasteiger partial charge on any atom is 0.311 e. The molecule has 2 rings (SSSR count). The Morgan fingerprint density at radius 2 is 1.87 bits per heavy atom. The molecule has 6 heteroatoms. The van der Waals surface area contributed by atoms with Gasteiger partial charge in [0.05, 0.1) is 5.41 Å². The minimum absolute atomic E-state index is 0.00390. The summed E-state index contributed by atoms with van der Waals surface area (Å²) in [5.74, 6) is -3.10. The van der Waals surface area contributed by atoms with E-state index < -0.39 is 23.0 Å². The Kier molecular flexibility index (Phi) is 5.69. The smallest absolute Gasteiger partial charge is 0.311 e. The molecule has 1 aliphatic rings. The van der Waals surface area contributed by atoms with Crippen LogP contribution in [0.3, 0.4) is 0 Å². The van der Waals surface area contributed by atoms with Crippen molar-refractivity contribution in [2.24, 2.45) is 5.41 Å².